The highest BCUT2D eigenvalue weighted by atomic mass is 16.5. The van der Waals surface area contributed by atoms with Crippen LogP contribution in [0.1, 0.15) is 47.3 Å². The van der Waals surface area contributed by atoms with E-state index in [1.165, 1.54) is 0 Å². The smallest absolute Gasteiger partial charge is 0.321 e. The molecule has 2 aliphatic heterocycles. The first-order valence-corrected chi connectivity index (χ1v) is 7.82. The van der Waals surface area contributed by atoms with Crippen molar-refractivity contribution in [2.45, 2.75) is 31.8 Å². The van der Waals surface area contributed by atoms with Crippen LogP contribution in [-0.2, 0) is 4.79 Å². The van der Waals surface area contributed by atoms with Crippen LogP contribution in [0.2, 0.25) is 0 Å². The fourth-order valence-electron chi connectivity index (χ4n) is 3.69. The van der Waals surface area contributed by atoms with Crippen LogP contribution in [0.5, 0.6) is 5.75 Å². The molecule has 0 radical (unpaired) electrons. The number of rotatable bonds is 1. The molecular weight excluding hydrogens is 290 g/mol. The zero-order chi connectivity index (χ0) is 16.1. The monoisotopic (exact) mass is 307 g/mol. The third-order valence-corrected chi connectivity index (χ3v) is 4.63. The molecule has 4 rings (SSSR count). The first-order valence-electron chi connectivity index (χ1n) is 7.82. The first kappa shape index (κ1) is 14.0. The molecule has 23 heavy (non-hydrogen) atoms. The van der Waals surface area contributed by atoms with E-state index in [0.29, 0.717) is 11.3 Å². The van der Waals surface area contributed by atoms with Crippen molar-refractivity contribution in [3.05, 3.63) is 65.2 Å². The first-order chi connectivity index (χ1) is 11.1. The third-order valence-electron chi connectivity index (χ3n) is 4.63. The maximum absolute atomic E-state index is 13.0. The van der Waals surface area contributed by atoms with Crippen molar-refractivity contribution in [3.8, 4) is 5.75 Å². The number of carbonyl (C=O) groups is 2. The number of hydrogen-bond acceptors (Lipinski definition) is 3. The van der Waals surface area contributed by atoms with Crippen molar-refractivity contribution in [1.29, 1.82) is 0 Å². The van der Waals surface area contributed by atoms with Crippen molar-refractivity contribution in [1.82, 2.24) is 4.90 Å². The molecular formula is C19H17NO3. The largest absolute Gasteiger partial charge is 0.426 e. The van der Waals surface area contributed by atoms with Crippen LogP contribution >= 0.6 is 0 Å². The number of carbonyl (C=O) groups excluding carboxylic acids is 2. The predicted octanol–water partition coefficient (Wildman–Crippen LogP) is 3.29. The Hall–Kier alpha value is -2.62. The van der Waals surface area contributed by atoms with Crippen LogP contribution in [0.25, 0.3) is 0 Å². The summed E-state index contributed by atoms with van der Waals surface area (Å²) < 4.78 is 5.54. The molecule has 4 nitrogen and oxygen atoms in total. The Balaban J connectivity index is 2.00. The highest BCUT2D eigenvalue weighted by Gasteiger charge is 2.49. The summed E-state index contributed by atoms with van der Waals surface area (Å²) in [5.41, 5.74) is 2.26. The summed E-state index contributed by atoms with van der Waals surface area (Å²) in [5.74, 6) is -0.238. The summed E-state index contributed by atoms with van der Waals surface area (Å²) in [6.07, 6.45) is 0. The third kappa shape index (κ3) is 1.91. The van der Waals surface area contributed by atoms with Gasteiger partial charge < -0.3 is 9.64 Å². The van der Waals surface area contributed by atoms with Gasteiger partial charge in [0.2, 0.25) is 0 Å². The Morgan fingerprint density at radius 3 is 2.35 bits per heavy atom. The van der Waals surface area contributed by atoms with Crippen LogP contribution in [0.15, 0.2) is 48.5 Å². The zero-order valence-electron chi connectivity index (χ0n) is 13.0. The summed E-state index contributed by atoms with van der Waals surface area (Å²) in [4.78, 5) is 27.5. The molecule has 2 heterocycles. The number of nitrogens with zero attached hydrogens (tertiary/aromatic N) is 1. The molecule has 1 amide bonds. The van der Waals surface area contributed by atoms with E-state index in [1.807, 2.05) is 55.1 Å². The number of amides is 1. The zero-order valence-corrected chi connectivity index (χ0v) is 13.0. The Bertz CT molecular complexity index is 812. The summed E-state index contributed by atoms with van der Waals surface area (Å²) in [6.45, 7) is 3.96. The molecule has 0 aliphatic carbocycles. The van der Waals surface area contributed by atoms with Gasteiger partial charge in [-0.3, -0.25) is 9.59 Å². The summed E-state index contributed by atoms with van der Waals surface area (Å²) >= 11 is 0. The van der Waals surface area contributed by atoms with Crippen molar-refractivity contribution >= 4 is 11.9 Å². The van der Waals surface area contributed by atoms with Gasteiger partial charge in [-0.25, -0.2) is 0 Å². The Morgan fingerprint density at radius 2 is 1.61 bits per heavy atom. The average Bonchev–Trinajstić information content (AvgIpc) is 2.54. The number of hydrogen-bond donors (Lipinski definition) is 0. The Labute approximate surface area is 134 Å². The van der Waals surface area contributed by atoms with Gasteiger partial charge in [0.05, 0.1) is 6.04 Å². The van der Waals surface area contributed by atoms with Crippen molar-refractivity contribution in [3.63, 3.8) is 0 Å². The SMILES string of the molecule is CC(C)N1C(=O)c2ccccc2[C@@H]2C(=O)Oc3ccccc3[C@H]21. The lowest BCUT2D eigenvalue weighted by atomic mass is 9.77. The van der Waals surface area contributed by atoms with Gasteiger partial charge in [0.15, 0.2) is 0 Å². The number of fused-ring (bicyclic) bond motifs is 5. The van der Waals surface area contributed by atoms with Gasteiger partial charge >= 0.3 is 5.97 Å². The van der Waals surface area contributed by atoms with E-state index in [1.54, 1.807) is 12.1 Å². The molecule has 4 heteroatoms. The number of esters is 1. The molecule has 2 aromatic rings. The maximum Gasteiger partial charge on any atom is 0.321 e. The highest BCUT2D eigenvalue weighted by molar-refractivity contribution is 6.01. The lowest BCUT2D eigenvalue weighted by Gasteiger charge is -2.45. The van der Waals surface area contributed by atoms with Crippen molar-refractivity contribution in [2.24, 2.45) is 0 Å². The van der Waals surface area contributed by atoms with Crippen molar-refractivity contribution in [2.75, 3.05) is 0 Å². The lowest BCUT2D eigenvalue weighted by Crippen LogP contribution is -2.50. The van der Waals surface area contributed by atoms with Crippen LogP contribution in [0.3, 0.4) is 0 Å². The van der Waals surface area contributed by atoms with Gasteiger partial charge in [0.25, 0.3) is 5.91 Å². The van der Waals surface area contributed by atoms with E-state index in [0.717, 1.165) is 11.1 Å². The topological polar surface area (TPSA) is 46.6 Å². The van der Waals surface area contributed by atoms with Gasteiger partial charge in [-0.05, 0) is 31.5 Å². The fourth-order valence-corrected chi connectivity index (χ4v) is 3.69. The van der Waals surface area contributed by atoms with Crippen LogP contribution in [0, 0.1) is 0 Å². The van der Waals surface area contributed by atoms with Gasteiger partial charge in [0, 0.05) is 17.2 Å². The second-order valence-corrected chi connectivity index (χ2v) is 6.27. The lowest BCUT2D eigenvalue weighted by molar-refractivity contribution is -0.139. The molecule has 0 spiro atoms. The molecule has 116 valence electrons. The van der Waals surface area contributed by atoms with E-state index in [9.17, 15) is 9.59 Å². The van der Waals surface area contributed by atoms with Crippen LogP contribution in [-0.4, -0.2) is 22.8 Å². The minimum Gasteiger partial charge on any atom is -0.426 e. The van der Waals surface area contributed by atoms with E-state index >= 15 is 0 Å². The molecule has 0 saturated carbocycles. The fraction of sp³-hybridized carbons (Fsp3) is 0.263. The average molecular weight is 307 g/mol. The van der Waals surface area contributed by atoms with Gasteiger partial charge in [0.1, 0.15) is 11.7 Å². The molecule has 0 unspecified atom stereocenters. The molecule has 0 fully saturated rings. The second kappa shape index (κ2) is 4.95. The van der Waals surface area contributed by atoms with Crippen molar-refractivity contribution < 1.29 is 14.3 Å². The van der Waals surface area contributed by atoms with E-state index in [-0.39, 0.29) is 24.0 Å². The summed E-state index contributed by atoms with van der Waals surface area (Å²) in [6, 6.07) is 14.5. The molecule has 2 atom stereocenters. The van der Waals surface area contributed by atoms with Gasteiger partial charge in [-0.2, -0.15) is 0 Å². The highest BCUT2D eigenvalue weighted by Crippen LogP contribution is 2.49. The molecule has 2 aromatic carbocycles. The van der Waals surface area contributed by atoms with E-state index in [4.69, 9.17) is 4.74 Å². The minimum absolute atomic E-state index is 0.0117. The van der Waals surface area contributed by atoms with E-state index < -0.39 is 5.92 Å². The standard InChI is InChI=1S/C19H17NO3/c1-11(2)20-17-14-9-5-6-10-15(14)23-19(22)16(17)12-7-3-4-8-13(12)18(20)21/h3-11,16-17H,1-2H3/t16-,17+/m0/s1. The maximum atomic E-state index is 13.0. The second-order valence-electron chi connectivity index (χ2n) is 6.27. The minimum atomic E-state index is -0.471. The van der Waals surface area contributed by atoms with Gasteiger partial charge in [-0.1, -0.05) is 36.4 Å². The predicted molar refractivity (Wildman–Crippen MR) is 85.3 cm³/mol. The normalized spacial score (nSPS) is 22.3. The molecule has 0 aromatic heterocycles. The molecule has 2 aliphatic rings. The summed E-state index contributed by atoms with van der Waals surface area (Å²) in [7, 11) is 0. The quantitative estimate of drug-likeness (QED) is 0.600. The molecule has 0 bridgehead atoms. The number of benzene rings is 2. The van der Waals surface area contributed by atoms with Crippen LogP contribution < -0.4 is 4.74 Å². The van der Waals surface area contributed by atoms with Gasteiger partial charge in [-0.15, -0.1) is 0 Å². The Morgan fingerprint density at radius 1 is 0.957 bits per heavy atom. The van der Waals surface area contributed by atoms with Crippen LogP contribution in [0.4, 0.5) is 0 Å². The van der Waals surface area contributed by atoms with E-state index in [2.05, 4.69) is 0 Å². The Kier molecular flexibility index (Phi) is 3.01. The summed E-state index contributed by atoms with van der Waals surface area (Å²) in [5, 5.41) is 0. The molecule has 0 N–H and O–H groups in total. The number of ether oxygens (including phenoxy) is 1. The number of para-hydroxylation sites is 1. The molecule has 0 saturated heterocycles.